The first-order chi connectivity index (χ1) is 10.8. The Morgan fingerprint density at radius 2 is 1.73 bits per heavy atom. The first kappa shape index (κ1) is 14.9. The topological polar surface area (TPSA) is 18.5 Å². The van der Waals surface area contributed by atoms with Crippen LogP contribution in [0.25, 0.3) is 10.8 Å². The first-order valence-corrected chi connectivity index (χ1v) is 8.25. The zero-order valence-electron chi connectivity index (χ0n) is 12.4. The highest BCUT2D eigenvalue weighted by Crippen LogP contribution is 2.30. The highest BCUT2D eigenvalue weighted by molar-refractivity contribution is 9.08. The maximum absolute atomic E-state index is 5.95. The van der Waals surface area contributed by atoms with Crippen molar-refractivity contribution >= 4 is 26.7 Å². The minimum absolute atomic E-state index is 0.574. The van der Waals surface area contributed by atoms with Gasteiger partial charge in [0.05, 0.1) is 7.11 Å². The molecule has 0 N–H and O–H groups in total. The van der Waals surface area contributed by atoms with Crippen LogP contribution in [0.5, 0.6) is 11.5 Å². The van der Waals surface area contributed by atoms with E-state index in [1.165, 1.54) is 10.9 Å². The Kier molecular flexibility index (Phi) is 4.64. The Balaban J connectivity index is 1.90. The van der Waals surface area contributed by atoms with E-state index in [0.29, 0.717) is 6.61 Å². The van der Waals surface area contributed by atoms with Crippen LogP contribution in [-0.2, 0) is 11.9 Å². The number of alkyl halides is 1. The van der Waals surface area contributed by atoms with Crippen molar-refractivity contribution in [1.82, 2.24) is 0 Å². The molecule has 0 heterocycles. The van der Waals surface area contributed by atoms with E-state index in [0.717, 1.165) is 27.8 Å². The fourth-order valence-electron chi connectivity index (χ4n) is 2.45. The summed E-state index contributed by atoms with van der Waals surface area (Å²) in [6.45, 7) is 0.574. The molecule has 0 amide bonds. The minimum Gasteiger partial charge on any atom is -0.497 e. The van der Waals surface area contributed by atoms with Gasteiger partial charge in [0.2, 0.25) is 0 Å². The summed E-state index contributed by atoms with van der Waals surface area (Å²) in [5.41, 5.74) is 2.36. The van der Waals surface area contributed by atoms with E-state index < -0.39 is 0 Å². The summed E-state index contributed by atoms with van der Waals surface area (Å²) in [7, 11) is 1.69. The molecular formula is C19H17BrO2. The molecule has 112 valence electrons. The van der Waals surface area contributed by atoms with Gasteiger partial charge in [0, 0.05) is 5.33 Å². The number of fused-ring (bicyclic) bond motifs is 1. The molecule has 3 aromatic rings. The van der Waals surface area contributed by atoms with E-state index in [4.69, 9.17) is 9.47 Å². The molecule has 0 saturated heterocycles. The van der Waals surface area contributed by atoms with Crippen molar-refractivity contribution in [3.63, 3.8) is 0 Å². The number of benzene rings is 3. The molecule has 0 unspecified atom stereocenters. The summed E-state index contributed by atoms with van der Waals surface area (Å²) in [5, 5.41) is 3.11. The fraction of sp³-hybridized carbons (Fsp3) is 0.158. The third-order valence-corrected chi connectivity index (χ3v) is 4.22. The zero-order chi connectivity index (χ0) is 15.4. The van der Waals surface area contributed by atoms with Crippen LogP contribution in [0.4, 0.5) is 0 Å². The van der Waals surface area contributed by atoms with Gasteiger partial charge in [-0.25, -0.2) is 0 Å². The molecular weight excluding hydrogens is 340 g/mol. The molecule has 0 aliphatic heterocycles. The van der Waals surface area contributed by atoms with Crippen LogP contribution in [0.2, 0.25) is 0 Å². The van der Waals surface area contributed by atoms with Gasteiger partial charge in [0.1, 0.15) is 18.1 Å². The van der Waals surface area contributed by atoms with Crippen LogP contribution in [0.15, 0.2) is 60.7 Å². The fourth-order valence-corrected chi connectivity index (χ4v) is 2.91. The number of ether oxygens (including phenoxy) is 2. The largest absolute Gasteiger partial charge is 0.497 e. The number of halogens is 1. The molecule has 3 heteroatoms. The summed E-state index contributed by atoms with van der Waals surface area (Å²) < 4.78 is 11.3. The van der Waals surface area contributed by atoms with Crippen LogP contribution in [-0.4, -0.2) is 7.11 Å². The van der Waals surface area contributed by atoms with Crippen LogP contribution in [0.3, 0.4) is 0 Å². The van der Waals surface area contributed by atoms with Crippen LogP contribution < -0.4 is 9.47 Å². The molecule has 0 spiro atoms. The average Bonchev–Trinajstić information content (AvgIpc) is 2.59. The number of hydrogen-bond donors (Lipinski definition) is 0. The third-order valence-electron chi connectivity index (χ3n) is 3.61. The van der Waals surface area contributed by atoms with E-state index >= 15 is 0 Å². The minimum atomic E-state index is 0.574. The van der Waals surface area contributed by atoms with E-state index in [1.807, 2.05) is 24.3 Å². The lowest BCUT2D eigenvalue weighted by atomic mass is 10.0. The van der Waals surface area contributed by atoms with Gasteiger partial charge in [0.25, 0.3) is 0 Å². The van der Waals surface area contributed by atoms with Crippen molar-refractivity contribution in [2.45, 2.75) is 11.9 Å². The molecule has 3 rings (SSSR count). The molecule has 0 bridgehead atoms. The van der Waals surface area contributed by atoms with E-state index in [1.54, 1.807) is 7.11 Å². The van der Waals surface area contributed by atoms with Gasteiger partial charge in [-0.1, -0.05) is 52.3 Å². The number of hydrogen-bond acceptors (Lipinski definition) is 2. The molecule has 0 atom stereocenters. The van der Waals surface area contributed by atoms with Gasteiger partial charge < -0.3 is 9.47 Å². The summed E-state index contributed by atoms with van der Waals surface area (Å²) >= 11 is 3.56. The smallest absolute Gasteiger partial charge is 0.120 e. The molecule has 2 nitrogen and oxygen atoms in total. The number of rotatable bonds is 5. The molecule has 22 heavy (non-hydrogen) atoms. The Morgan fingerprint density at radius 3 is 2.45 bits per heavy atom. The van der Waals surface area contributed by atoms with E-state index in [2.05, 4.69) is 52.3 Å². The average molecular weight is 357 g/mol. The van der Waals surface area contributed by atoms with Crippen molar-refractivity contribution in [1.29, 1.82) is 0 Å². The van der Waals surface area contributed by atoms with Gasteiger partial charge >= 0.3 is 0 Å². The van der Waals surface area contributed by atoms with Crippen LogP contribution in [0.1, 0.15) is 11.1 Å². The van der Waals surface area contributed by atoms with Crippen LogP contribution in [0, 0.1) is 0 Å². The quantitative estimate of drug-likeness (QED) is 0.575. The van der Waals surface area contributed by atoms with Crippen LogP contribution >= 0.6 is 15.9 Å². The van der Waals surface area contributed by atoms with Crippen molar-refractivity contribution in [3.8, 4) is 11.5 Å². The predicted octanol–water partition coefficient (Wildman–Crippen LogP) is 5.32. The second-order valence-electron chi connectivity index (χ2n) is 5.08. The SMILES string of the molecule is COc1ccc2cc(OCc3ccccc3)cc(CBr)c2c1. The lowest BCUT2D eigenvalue weighted by Gasteiger charge is -2.11. The second kappa shape index (κ2) is 6.84. The molecule has 0 aliphatic carbocycles. The standard InChI is InChI=1S/C19H17BrO2/c1-21-17-8-7-15-9-18(10-16(12-20)19(15)11-17)22-13-14-5-3-2-4-6-14/h2-11H,12-13H2,1H3. The summed E-state index contributed by atoms with van der Waals surface area (Å²) in [6, 6.07) is 20.4. The maximum Gasteiger partial charge on any atom is 0.120 e. The third kappa shape index (κ3) is 3.25. The Morgan fingerprint density at radius 1 is 0.909 bits per heavy atom. The van der Waals surface area contributed by atoms with Gasteiger partial charge in [-0.05, 0) is 46.2 Å². The van der Waals surface area contributed by atoms with Crippen molar-refractivity contribution in [3.05, 3.63) is 71.8 Å². The summed E-state index contributed by atoms with van der Waals surface area (Å²) in [5.74, 6) is 1.75. The Labute approximate surface area is 138 Å². The van der Waals surface area contributed by atoms with Crippen molar-refractivity contribution < 1.29 is 9.47 Å². The Bertz CT molecular complexity index is 769. The lowest BCUT2D eigenvalue weighted by molar-refractivity contribution is 0.306. The molecule has 0 radical (unpaired) electrons. The first-order valence-electron chi connectivity index (χ1n) is 7.13. The molecule has 0 fully saturated rings. The normalized spacial score (nSPS) is 10.6. The second-order valence-corrected chi connectivity index (χ2v) is 5.64. The highest BCUT2D eigenvalue weighted by Gasteiger charge is 2.06. The predicted molar refractivity (Wildman–Crippen MR) is 93.9 cm³/mol. The zero-order valence-corrected chi connectivity index (χ0v) is 14.0. The van der Waals surface area contributed by atoms with Crippen molar-refractivity contribution in [2.75, 3.05) is 7.11 Å². The molecule has 0 saturated carbocycles. The van der Waals surface area contributed by atoms with Crippen molar-refractivity contribution in [2.24, 2.45) is 0 Å². The Hall–Kier alpha value is -2.00. The molecule has 3 aromatic carbocycles. The monoisotopic (exact) mass is 356 g/mol. The highest BCUT2D eigenvalue weighted by atomic mass is 79.9. The molecule has 0 aliphatic rings. The van der Waals surface area contributed by atoms with Gasteiger partial charge in [-0.2, -0.15) is 0 Å². The van der Waals surface area contributed by atoms with E-state index in [-0.39, 0.29) is 0 Å². The summed E-state index contributed by atoms with van der Waals surface area (Å²) in [6.07, 6.45) is 0. The van der Waals surface area contributed by atoms with Gasteiger partial charge in [0.15, 0.2) is 0 Å². The molecule has 0 aromatic heterocycles. The maximum atomic E-state index is 5.95. The van der Waals surface area contributed by atoms with Gasteiger partial charge in [-0.3, -0.25) is 0 Å². The van der Waals surface area contributed by atoms with Gasteiger partial charge in [-0.15, -0.1) is 0 Å². The number of methoxy groups -OCH3 is 1. The lowest BCUT2D eigenvalue weighted by Crippen LogP contribution is -1.96. The van der Waals surface area contributed by atoms with E-state index in [9.17, 15) is 0 Å². The summed E-state index contributed by atoms with van der Waals surface area (Å²) in [4.78, 5) is 0.